The Bertz CT molecular complexity index is 1200. The molecule has 1 aromatic carbocycles. The average molecular weight is 389 g/mol. The lowest BCUT2D eigenvalue weighted by Gasteiger charge is -2.07. The summed E-state index contributed by atoms with van der Waals surface area (Å²) in [5.74, 6) is 1.68. The summed E-state index contributed by atoms with van der Waals surface area (Å²) in [5, 5.41) is 7.50. The van der Waals surface area contributed by atoms with E-state index in [4.69, 9.17) is 4.74 Å². The van der Waals surface area contributed by atoms with Gasteiger partial charge in [0.05, 0.1) is 25.5 Å². The standard InChI is InChI=1S/C20H19N7O2/c1-13-9-19(28)26-18(24-13)11-22-20-21-8-7-15(25-20)14-10-23-27(12-14)16-5-3-4-6-17(16)29-2/h3-10,12H,11H2,1-2H3,(H,21,22,25)(H,24,26,28). The maximum absolute atomic E-state index is 11.6. The van der Waals surface area contributed by atoms with Crippen LogP contribution in [0.3, 0.4) is 0 Å². The highest BCUT2D eigenvalue weighted by Crippen LogP contribution is 2.24. The molecule has 0 spiro atoms. The largest absolute Gasteiger partial charge is 0.494 e. The second-order valence-electron chi connectivity index (χ2n) is 6.30. The van der Waals surface area contributed by atoms with Gasteiger partial charge < -0.3 is 15.0 Å². The van der Waals surface area contributed by atoms with Gasteiger partial charge in [-0.25, -0.2) is 19.6 Å². The Hall–Kier alpha value is -4.01. The molecule has 0 aliphatic heterocycles. The molecule has 4 rings (SSSR count). The Morgan fingerprint density at radius 2 is 2.07 bits per heavy atom. The molecule has 0 saturated heterocycles. The van der Waals surface area contributed by atoms with Crippen LogP contribution in [0.1, 0.15) is 11.5 Å². The number of benzene rings is 1. The molecular weight excluding hydrogens is 370 g/mol. The van der Waals surface area contributed by atoms with Crippen molar-refractivity contribution in [1.82, 2.24) is 29.7 Å². The highest BCUT2D eigenvalue weighted by molar-refractivity contribution is 5.59. The fourth-order valence-corrected chi connectivity index (χ4v) is 2.90. The zero-order chi connectivity index (χ0) is 20.2. The number of aryl methyl sites for hydroxylation is 1. The van der Waals surface area contributed by atoms with Crippen LogP contribution < -0.4 is 15.6 Å². The SMILES string of the molecule is COc1ccccc1-n1cc(-c2ccnc(NCc3nc(C)cc(=O)[nH]3)n2)cn1. The summed E-state index contributed by atoms with van der Waals surface area (Å²) in [7, 11) is 1.63. The third-order valence-corrected chi connectivity index (χ3v) is 4.20. The van der Waals surface area contributed by atoms with E-state index < -0.39 is 0 Å². The fourth-order valence-electron chi connectivity index (χ4n) is 2.90. The van der Waals surface area contributed by atoms with Gasteiger partial charge in [0.2, 0.25) is 5.95 Å². The van der Waals surface area contributed by atoms with Gasteiger partial charge in [0.25, 0.3) is 5.56 Å². The minimum Gasteiger partial charge on any atom is -0.494 e. The topological polar surface area (TPSA) is 111 Å². The van der Waals surface area contributed by atoms with E-state index in [1.165, 1.54) is 6.07 Å². The van der Waals surface area contributed by atoms with Crippen LogP contribution in [0, 0.1) is 6.92 Å². The Balaban J connectivity index is 1.55. The lowest BCUT2D eigenvalue weighted by atomic mass is 10.2. The first kappa shape index (κ1) is 18.4. The molecule has 0 fully saturated rings. The molecular formula is C20H19N7O2. The lowest BCUT2D eigenvalue weighted by Crippen LogP contribution is -2.15. The number of aromatic nitrogens is 6. The summed E-state index contributed by atoms with van der Waals surface area (Å²) < 4.78 is 7.14. The molecule has 0 unspecified atom stereocenters. The van der Waals surface area contributed by atoms with Crippen molar-refractivity contribution >= 4 is 5.95 Å². The van der Waals surface area contributed by atoms with Gasteiger partial charge in [0, 0.05) is 29.7 Å². The maximum atomic E-state index is 11.6. The molecule has 146 valence electrons. The Morgan fingerprint density at radius 1 is 1.21 bits per heavy atom. The van der Waals surface area contributed by atoms with Crippen molar-refractivity contribution in [2.75, 3.05) is 12.4 Å². The van der Waals surface area contributed by atoms with Gasteiger partial charge in [-0.05, 0) is 25.1 Å². The highest BCUT2D eigenvalue weighted by Gasteiger charge is 2.09. The molecule has 9 nitrogen and oxygen atoms in total. The molecule has 0 bridgehead atoms. The summed E-state index contributed by atoms with van der Waals surface area (Å²) in [6, 6.07) is 10.9. The Labute approximate surface area is 166 Å². The molecule has 4 aromatic rings. The number of H-pyrrole nitrogens is 1. The molecule has 0 aliphatic rings. The van der Waals surface area contributed by atoms with Crippen LogP contribution in [0.15, 0.2) is 59.8 Å². The molecule has 0 saturated carbocycles. The molecule has 3 heterocycles. The second-order valence-corrected chi connectivity index (χ2v) is 6.30. The van der Waals surface area contributed by atoms with Gasteiger partial charge >= 0.3 is 0 Å². The normalized spacial score (nSPS) is 10.7. The zero-order valence-corrected chi connectivity index (χ0v) is 16.0. The van der Waals surface area contributed by atoms with Crippen molar-refractivity contribution in [2.24, 2.45) is 0 Å². The van der Waals surface area contributed by atoms with Crippen molar-refractivity contribution in [2.45, 2.75) is 13.5 Å². The van der Waals surface area contributed by atoms with Gasteiger partial charge in [-0.2, -0.15) is 5.10 Å². The van der Waals surface area contributed by atoms with Crippen LogP contribution in [0.4, 0.5) is 5.95 Å². The van der Waals surface area contributed by atoms with Crippen LogP contribution >= 0.6 is 0 Å². The van der Waals surface area contributed by atoms with Crippen LogP contribution in [0.5, 0.6) is 5.75 Å². The molecule has 0 radical (unpaired) electrons. The van der Waals surface area contributed by atoms with Crippen molar-refractivity contribution < 1.29 is 4.74 Å². The number of aromatic amines is 1. The van der Waals surface area contributed by atoms with E-state index in [-0.39, 0.29) is 5.56 Å². The van der Waals surface area contributed by atoms with Gasteiger partial charge in [-0.15, -0.1) is 0 Å². The number of para-hydroxylation sites is 2. The minimum atomic E-state index is -0.187. The number of ether oxygens (including phenoxy) is 1. The first-order valence-corrected chi connectivity index (χ1v) is 8.94. The van der Waals surface area contributed by atoms with E-state index in [1.54, 1.807) is 31.1 Å². The van der Waals surface area contributed by atoms with Crippen LogP contribution in [-0.2, 0) is 6.54 Å². The van der Waals surface area contributed by atoms with E-state index in [0.717, 1.165) is 17.0 Å². The number of hydrogen-bond donors (Lipinski definition) is 2. The number of nitrogens with zero attached hydrogens (tertiary/aromatic N) is 5. The Kier molecular flexibility index (Phi) is 5.02. The number of hydrogen-bond acceptors (Lipinski definition) is 7. The highest BCUT2D eigenvalue weighted by atomic mass is 16.5. The molecule has 2 N–H and O–H groups in total. The van der Waals surface area contributed by atoms with Crippen LogP contribution in [0.2, 0.25) is 0 Å². The smallest absolute Gasteiger partial charge is 0.251 e. The van der Waals surface area contributed by atoms with E-state index in [9.17, 15) is 4.79 Å². The third kappa shape index (κ3) is 4.13. The molecule has 0 atom stereocenters. The molecule has 0 aliphatic carbocycles. The molecule has 3 aromatic heterocycles. The monoisotopic (exact) mass is 389 g/mol. The number of anilines is 1. The predicted octanol–water partition coefficient (Wildman–Crippen LogP) is 2.34. The third-order valence-electron chi connectivity index (χ3n) is 4.20. The van der Waals surface area contributed by atoms with E-state index in [2.05, 4.69) is 30.4 Å². The summed E-state index contributed by atoms with van der Waals surface area (Å²) in [6.45, 7) is 2.08. The quantitative estimate of drug-likeness (QED) is 0.521. The lowest BCUT2D eigenvalue weighted by molar-refractivity contribution is 0.411. The molecule has 0 amide bonds. The van der Waals surface area contributed by atoms with E-state index >= 15 is 0 Å². The van der Waals surface area contributed by atoms with E-state index in [1.807, 2.05) is 36.5 Å². The predicted molar refractivity (Wildman–Crippen MR) is 108 cm³/mol. The summed E-state index contributed by atoms with van der Waals surface area (Å²) in [4.78, 5) is 27.3. The molecule has 9 heteroatoms. The summed E-state index contributed by atoms with van der Waals surface area (Å²) in [6.07, 6.45) is 5.28. The Morgan fingerprint density at radius 3 is 2.90 bits per heavy atom. The second kappa shape index (κ2) is 7.93. The first-order chi connectivity index (χ1) is 14.1. The number of methoxy groups -OCH3 is 1. The van der Waals surface area contributed by atoms with E-state index in [0.29, 0.717) is 29.7 Å². The maximum Gasteiger partial charge on any atom is 0.251 e. The summed E-state index contributed by atoms with van der Waals surface area (Å²) in [5.41, 5.74) is 2.86. The van der Waals surface area contributed by atoms with Gasteiger partial charge in [-0.3, -0.25) is 4.79 Å². The van der Waals surface area contributed by atoms with Gasteiger partial charge in [0.1, 0.15) is 17.3 Å². The minimum absolute atomic E-state index is 0.187. The van der Waals surface area contributed by atoms with Crippen molar-refractivity contribution in [3.05, 3.63) is 76.9 Å². The van der Waals surface area contributed by atoms with Crippen molar-refractivity contribution in [3.8, 4) is 22.7 Å². The van der Waals surface area contributed by atoms with Gasteiger partial charge in [0.15, 0.2) is 0 Å². The van der Waals surface area contributed by atoms with Gasteiger partial charge in [-0.1, -0.05) is 12.1 Å². The molecule has 29 heavy (non-hydrogen) atoms. The fraction of sp³-hybridized carbons (Fsp3) is 0.150. The average Bonchev–Trinajstić information content (AvgIpc) is 3.22. The van der Waals surface area contributed by atoms with Crippen molar-refractivity contribution in [3.63, 3.8) is 0 Å². The van der Waals surface area contributed by atoms with Crippen LogP contribution in [-0.4, -0.2) is 36.8 Å². The first-order valence-electron chi connectivity index (χ1n) is 8.94. The van der Waals surface area contributed by atoms with Crippen molar-refractivity contribution in [1.29, 1.82) is 0 Å². The summed E-state index contributed by atoms with van der Waals surface area (Å²) >= 11 is 0. The zero-order valence-electron chi connectivity index (χ0n) is 16.0. The number of rotatable bonds is 6. The number of nitrogens with one attached hydrogen (secondary N) is 2. The van der Waals surface area contributed by atoms with Crippen LogP contribution in [0.25, 0.3) is 16.9 Å².